The van der Waals surface area contributed by atoms with Crippen molar-refractivity contribution in [1.82, 2.24) is 15.1 Å². The Labute approximate surface area is 179 Å². The Morgan fingerprint density at radius 3 is 2.30 bits per heavy atom. The summed E-state index contributed by atoms with van der Waals surface area (Å²) in [7, 11) is 0. The number of nitrogens with two attached hydrogens (primary N) is 2. The van der Waals surface area contributed by atoms with Gasteiger partial charge in [0.25, 0.3) is 0 Å². The van der Waals surface area contributed by atoms with E-state index in [1.165, 1.54) is 35.4 Å². The average Bonchev–Trinajstić information content (AvgIpc) is 3.30. The predicted molar refractivity (Wildman–Crippen MR) is 110 cm³/mol. The van der Waals surface area contributed by atoms with Gasteiger partial charge in [-0.05, 0) is 33.6 Å². The molecule has 0 aromatic carbocycles. The number of aliphatic hydroxyl groups excluding tert-OH is 2. The van der Waals surface area contributed by atoms with Crippen molar-refractivity contribution in [2.75, 3.05) is 12.3 Å². The highest BCUT2D eigenvalue weighted by molar-refractivity contribution is 8.00. The fourth-order valence-corrected chi connectivity index (χ4v) is 4.90. The molecule has 30 heavy (non-hydrogen) atoms. The summed E-state index contributed by atoms with van der Waals surface area (Å²) in [5.74, 6) is -2.07. The minimum Gasteiger partial charge on any atom is -0.391 e. The molecule has 2 heterocycles. The second-order valence-corrected chi connectivity index (χ2v) is 9.13. The molecule has 0 radical (unpaired) electrons. The lowest BCUT2D eigenvalue weighted by molar-refractivity contribution is -0.149. The zero-order valence-corrected chi connectivity index (χ0v) is 18.2. The van der Waals surface area contributed by atoms with Crippen LogP contribution in [0.25, 0.3) is 0 Å². The molecule has 7 atom stereocenters. The van der Waals surface area contributed by atoms with E-state index in [2.05, 4.69) is 5.32 Å². The molecule has 4 amide bonds. The van der Waals surface area contributed by atoms with Crippen LogP contribution in [0.15, 0.2) is 0 Å². The third-order valence-electron chi connectivity index (χ3n) is 5.49. The van der Waals surface area contributed by atoms with Crippen molar-refractivity contribution in [2.45, 2.75) is 75.4 Å². The SMILES string of the molecule is CC1SC[C@@H](C(=O)N[C@H](C(N)=O)[C@@H](C)O)N1C(=O)[C@@H]1CCCN1C(=O)[C@@H](N)[C@@H](C)O. The normalized spacial score (nSPS) is 28.0. The van der Waals surface area contributed by atoms with Crippen LogP contribution in [-0.2, 0) is 19.2 Å². The van der Waals surface area contributed by atoms with E-state index in [0.717, 1.165) is 0 Å². The van der Waals surface area contributed by atoms with E-state index < -0.39 is 54.1 Å². The summed E-state index contributed by atoms with van der Waals surface area (Å²) in [4.78, 5) is 53.0. The number of hydrogen-bond donors (Lipinski definition) is 5. The van der Waals surface area contributed by atoms with E-state index in [0.29, 0.717) is 25.1 Å². The predicted octanol–water partition coefficient (Wildman–Crippen LogP) is -2.67. The first-order chi connectivity index (χ1) is 14.0. The molecular weight excluding hydrogens is 414 g/mol. The molecule has 2 aliphatic heterocycles. The molecule has 2 saturated heterocycles. The van der Waals surface area contributed by atoms with Gasteiger partial charge in [0.15, 0.2) is 0 Å². The molecule has 0 aromatic rings. The van der Waals surface area contributed by atoms with Gasteiger partial charge in [-0.3, -0.25) is 19.2 Å². The topological polar surface area (TPSA) is 179 Å². The highest BCUT2D eigenvalue weighted by atomic mass is 32.2. The van der Waals surface area contributed by atoms with Crippen LogP contribution in [0.4, 0.5) is 0 Å². The van der Waals surface area contributed by atoms with Gasteiger partial charge < -0.3 is 36.8 Å². The fourth-order valence-electron chi connectivity index (χ4n) is 3.72. The monoisotopic (exact) mass is 445 g/mol. The van der Waals surface area contributed by atoms with Crippen molar-refractivity contribution < 1.29 is 29.4 Å². The molecule has 170 valence electrons. The lowest BCUT2D eigenvalue weighted by Gasteiger charge is -2.34. The van der Waals surface area contributed by atoms with Crippen LogP contribution in [-0.4, -0.2) is 97.7 Å². The summed E-state index contributed by atoms with van der Waals surface area (Å²) in [6, 6.07) is -4.06. The van der Waals surface area contributed by atoms with Gasteiger partial charge in [0, 0.05) is 12.3 Å². The van der Waals surface area contributed by atoms with Crippen LogP contribution in [0, 0.1) is 0 Å². The van der Waals surface area contributed by atoms with Crippen molar-refractivity contribution in [1.29, 1.82) is 0 Å². The van der Waals surface area contributed by atoms with Crippen molar-refractivity contribution in [3.8, 4) is 0 Å². The van der Waals surface area contributed by atoms with Gasteiger partial charge >= 0.3 is 0 Å². The number of carbonyl (C=O) groups is 4. The summed E-state index contributed by atoms with van der Waals surface area (Å²) in [6.07, 6.45) is -1.21. The maximum absolute atomic E-state index is 13.3. The molecule has 0 saturated carbocycles. The van der Waals surface area contributed by atoms with Gasteiger partial charge in [0.2, 0.25) is 23.6 Å². The van der Waals surface area contributed by atoms with E-state index in [1.54, 1.807) is 6.92 Å². The van der Waals surface area contributed by atoms with Crippen molar-refractivity contribution in [3.63, 3.8) is 0 Å². The summed E-state index contributed by atoms with van der Waals surface area (Å²) < 4.78 is 0. The average molecular weight is 446 g/mol. The summed E-state index contributed by atoms with van der Waals surface area (Å²) in [5, 5.41) is 21.4. The molecule has 0 aromatic heterocycles. The number of nitrogens with one attached hydrogen (secondary N) is 1. The van der Waals surface area contributed by atoms with Crippen LogP contribution >= 0.6 is 11.8 Å². The lowest BCUT2D eigenvalue weighted by atomic mass is 10.1. The first-order valence-electron chi connectivity index (χ1n) is 9.93. The molecule has 0 aliphatic carbocycles. The number of hydrogen-bond acceptors (Lipinski definition) is 8. The molecule has 11 nitrogen and oxygen atoms in total. The number of thioether (sulfide) groups is 1. The minimum atomic E-state index is -1.27. The smallest absolute Gasteiger partial charge is 0.246 e. The van der Waals surface area contributed by atoms with Gasteiger partial charge in [0.05, 0.1) is 17.6 Å². The third kappa shape index (κ3) is 5.05. The molecule has 12 heteroatoms. The van der Waals surface area contributed by atoms with Crippen LogP contribution in [0.5, 0.6) is 0 Å². The minimum absolute atomic E-state index is 0.303. The van der Waals surface area contributed by atoms with Crippen molar-refractivity contribution in [3.05, 3.63) is 0 Å². The van der Waals surface area contributed by atoms with E-state index in [4.69, 9.17) is 11.5 Å². The number of rotatable bonds is 7. The van der Waals surface area contributed by atoms with Gasteiger partial charge in [-0.2, -0.15) is 0 Å². The van der Waals surface area contributed by atoms with Gasteiger partial charge in [-0.25, -0.2) is 0 Å². The van der Waals surface area contributed by atoms with Gasteiger partial charge in [-0.1, -0.05) is 0 Å². The third-order valence-corrected chi connectivity index (χ3v) is 6.71. The number of amides is 4. The second kappa shape index (κ2) is 9.94. The summed E-state index contributed by atoms with van der Waals surface area (Å²) in [5.41, 5.74) is 11.0. The Balaban J connectivity index is 2.18. The quantitative estimate of drug-likeness (QED) is 0.281. The first-order valence-corrected chi connectivity index (χ1v) is 11.0. The standard InChI is InChI=1S/C18H31N5O6S/c1-8(24)13(19)18(29)22-6-4-5-11(22)17(28)23-10(3)30-7-12(23)16(27)21-14(9(2)25)15(20)26/h8-14,24-25H,4-7,19H2,1-3H3,(H2,20,26)(H,21,27)/t8-,9-,10?,11+,12+,13+,14+/m1/s1. The molecule has 2 rings (SSSR count). The van der Waals surface area contributed by atoms with Crippen molar-refractivity contribution in [2.24, 2.45) is 11.5 Å². The highest BCUT2D eigenvalue weighted by Crippen LogP contribution is 2.32. The van der Waals surface area contributed by atoms with E-state index in [-0.39, 0.29) is 11.3 Å². The number of nitrogens with zero attached hydrogens (tertiary/aromatic N) is 2. The zero-order valence-electron chi connectivity index (χ0n) is 17.4. The number of aliphatic hydroxyl groups is 2. The molecule has 7 N–H and O–H groups in total. The molecule has 0 bridgehead atoms. The summed E-state index contributed by atoms with van der Waals surface area (Å²) in [6.45, 7) is 4.86. The lowest BCUT2D eigenvalue weighted by Crippen LogP contribution is -2.60. The van der Waals surface area contributed by atoms with Crippen molar-refractivity contribution >= 4 is 35.4 Å². The van der Waals surface area contributed by atoms with Crippen LogP contribution in [0.2, 0.25) is 0 Å². The highest BCUT2D eigenvalue weighted by Gasteiger charge is 2.46. The Morgan fingerprint density at radius 2 is 1.77 bits per heavy atom. The Hall–Kier alpha value is -1.89. The molecular formula is C18H31N5O6S. The van der Waals surface area contributed by atoms with E-state index >= 15 is 0 Å². The summed E-state index contributed by atoms with van der Waals surface area (Å²) >= 11 is 1.39. The van der Waals surface area contributed by atoms with Crippen LogP contribution < -0.4 is 16.8 Å². The molecule has 2 fully saturated rings. The molecule has 2 aliphatic rings. The van der Waals surface area contributed by atoms with Crippen LogP contribution in [0.1, 0.15) is 33.6 Å². The van der Waals surface area contributed by atoms with E-state index in [1.807, 2.05) is 0 Å². The van der Waals surface area contributed by atoms with Gasteiger partial charge in [-0.15, -0.1) is 11.8 Å². The Morgan fingerprint density at radius 1 is 1.13 bits per heavy atom. The number of carbonyl (C=O) groups excluding carboxylic acids is 4. The number of likely N-dealkylation sites (tertiary alicyclic amines) is 1. The van der Waals surface area contributed by atoms with Crippen LogP contribution in [0.3, 0.4) is 0 Å². The first kappa shape index (κ1) is 24.4. The Bertz CT molecular complexity index is 690. The number of primary amides is 1. The largest absolute Gasteiger partial charge is 0.391 e. The Kier molecular flexibility index (Phi) is 8.08. The second-order valence-electron chi connectivity index (χ2n) is 7.78. The van der Waals surface area contributed by atoms with E-state index in [9.17, 15) is 29.4 Å². The van der Waals surface area contributed by atoms with Gasteiger partial charge in [0.1, 0.15) is 24.2 Å². The maximum atomic E-state index is 13.3. The zero-order chi connectivity index (χ0) is 22.7. The fraction of sp³-hybridized carbons (Fsp3) is 0.778. The molecule has 0 spiro atoms. The maximum Gasteiger partial charge on any atom is 0.246 e. The molecule has 1 unspecified atom stereocenters.